The minimum absolute atomic E-state index is 0.0905. The van der Waals surface area contributed by atoms with Crippen LogP contribution in [0.25, 0.3) is 5.78 Å². The molecular formula is C16H21BrN6O2. The van der Waals surface area contributed by atoms with Gasteiger partial charge in [0.2, 0.25) is 11.7 Å². The lowest BCUT2D eigenvalue weighted by Crippen LogP contribution is -2.24. The number of unbranched alkanes of at least 4 members (excludes halogenated alkanes) is 2. The normalized spacial score (nSPS) is 13.2. The van der Waals surface area contributed by atoms with E-state index in [1.54, 1.807) is 7.05 Å². The monoisotopic (exact) mass is 408 g/mol. The number of hydrogen-bond donors (Lipinski definition) is 1. The summed E-state index contributed by atoms with van der Waals surface area (Å²) in [6.45, 7) is 2.88. The number of amides is 1. The van der Waals surface area contributed by atoms with Crippen LogP contribution in [0.1, 0.15) is 44.0 Å². The molecule has 2 aromatic heterocycles. The van der Waals surface area contributed by atoms with E-state index < -0.39 is 0 Å². The second-order valence-electron chi connectivity index (χ2n) is 6.06. The van der Waals surface area contributed by atoms with Gasteiger partial charge in [0.1, 0.15) is 11.6 Å². The quantitative estimate of drug-likeness (QED) is 0.705. The first-order valence-electron chi connectivity index (χ1n) is 8.50. The summed E-state index contributed by atoms with van der Waals surface area (Å²) < 4.78 is 4.25. The molecule has 0 unspecified atom stereocenters. The Hall–Kier alpha value is -2.03. The molecule has 0 atom stereocenters. The highest BCUT2D eigenvalue weighted by atomic mass is 79.9. The van der Waals surface area contributed by atoms with Gasteiger partial charge in [0.15, 0.2) is 0 Å². The van der Waals surface area contributed by atoms with Crippen molar-refractivity contribution in [2.75, 3.05) is 7.05 Å². The zero-order chi connectivity index (χ0) is 18.0. The molecule has 9 heteroatoms. The summed E-state index contributed by atoms with van der Waals surface area (Å²) in [5, 5.41) is 11.0. The van der Waals surface area contributed by atoms with Crippen molar-refractivity contribution in [3.8, 4) is 0 Å². The van der Waals surface area contributed by atoms with Gasteiger partial charge in [0.05, 0.1) is 10.2 Å². The second-order valence-corrected chi connectivity index (χ2v) is 6.97. The van der Waals surface area contributed by atoms with Crippen molar-refractivity contribution >= 4 is 38.1 Å². The van der Waals surface area contributed by atoms with E-state index in [2.05, 4.69) is 43.4 Å². The summed E-state index contributed by atoms with van der Waals surface area (Å²) in [6.07, 6.45) is 4.29. The van der Waals surface area contributed by atoms with Crippen molar-refractivity contribution < 1.29 is 4.79 Å². The van der Waals surface area contributed by atoms with Crippen LogP contribution in [0.4, 0.5) is 5.82 Å². The van der Waals surface area contributed by atoms with Gasteiger partial charge < -0.3 is 5.32 Å². The number of rotatable bonds is 7. The summed E-state index contributed by atoms with van der Waals surface area (Å²) in [5.41, 5.74) is 0.503. The Morgan fingerprint density at radius 3 is 2.84 bits per heavy atom. The van der Waals surface area contributed by atoms with Crippen LogP contribution in [-0.4, -0.2) is 36.7 Å². The highest BCUT2D eigenvalue weighted by Gasteiger charge is 2.25. The van der Waals surface area contributed by atoms with E-state index in [1.807, 2.05) is 4.57 Å². The van der Waals surface area contributed by atoms with Gasteiger partial charge in [-0.3, -0.25) is 14.2 Å². The highest BCUT2D eigenvalue weighted by molar-refractivity contribution is 9.18. The smallest absolute Gasteiger partial charge is 0.266 e. The molecule has 3 rings (SSSR count). The molecule has 0 aromatic carbocycles. The molecule has 134 valence electrons. The van der Waals surface area contributed by atoms with Gasteiger partial charge in [-0.1, -0.05) is 19.8 Å². The van der Waals surface area contributed by atoms with Crippen LogP contribution < -0.4 is 10.9 Å². The molecule has 0 spiro atoms. The summed E-state index contributed by atoms with van der Waals surface area (Å²) >= 11 is 3.41. The fourth-order valence-electron chi connectivity index (χ4n) is 3.00. The van der Waals surface area contributed by atoms with E-state index >= 15 is 0 Å². The number of hydrogen-bond acceptors (Lipinski definition) is 5. The SMILES string of the molecule is CCCCCn1c2c(c(=O)n3c(CCC(=O)NC)nnc13)CC(Br)=N2. The zero-order valence-electron chi connectivity index (χ0n) is 14.4. The van der Waals surface area contributed by atoms with Gasteiger partial charge in [0, 0.05) is 32.9 Å². The molecule has 1 aliphatic rings. The van der Waals surface area contributed by atoms with Gasteiger partial charge in [-0.2, -0.15) is 0 Å². The Labute approximate surface area is 153 Å². The number of halogens is 1. The molecule has 0 fully saturated rings. The third-order valence-corrected chi connectivity index (χ3v) is 4.79. The average molecular weight is 409 g/mol. The first-order valence-corrected chi connectivity index (χ1v) is 9.29. The molecule has 1 amide bonds. The van der Waals surface area contributed by atoms with E-state index in [1.165, 1.54) is 4.40 Å². The Kier molecular flexibility index (Phi) is 5.31. The number of aliphatic imine (C=N–C) groups is 1. The lowest BCUT2D eigenvalue weighted by atomic mass is 10.2. The summed E-state index contributed by atoms with van der Waals surface area (Å²) in [7, 11) is 1.59. The largest absolute Gasteiger partial charge is 0.359 e. The lowest BCUT2D eigenvalue weighted by molar-refractivity contribution is -0.120. The van der Waals surface area contributed by atoms with E-state index in [-0.39, 0.29) is 17.9 Å². The number of nitrogens with zero attached hydrogens (tertiary/aromatic N) is 5. The number of aryl methyl sites for hydroxylation is 2. The fourth-order valence-corrected chi connectivity index (χ4v) is 3.45. The van der Waals surface area contributed by atoms with E-state index in [0.29, 0.717) is 35.8 Å². The van der Waals surface area contributed by atoms with Crippen LogP contribution in [0.2, 0.25) is 0 Å². The highest BCUT2D eigenvalue weighted by Crippen LogP contribution is 2.28. The van der Waals surface area contributed by atoms with Gasteiger partial charge in [-0.05, 0) is 22.4 Å². The van der Waals surface area contributed by atoms with Crippen LogP contribution in [0.15, 0.2) is 9.79 Å². The van der Waals surface area contributed by atoms with E-state index in [4.69, 9.17) is 0 Å². The van der Waals surface area contributed by atoms with E-state index in [9.17, 15) is 9.59 Å². The molecule has 25 heavy (non-hydrogen) atoms. The van der Waals surface area contributed by atoms with Gasteiger partial charge >= 0.3 is 0 Å². The van der Waals surface area contributed by atoms with Gasteiger partial charge in [-0.15, -0.1) is 10.2 Å². The maximum atomic E-state index is 12.9. The molecule has 0 saturated heterocycles. The fraction of sp³-hybridized carbons (Fsp3) is 0.562. The maximum Gasteiger partial charge on any atom is 0.266 e. The van der Waals surface area contributed by atoms with Crippen LogP contribution >= 0.6 is 15.9 Å². The maximum absolute atomic E-state index is 12.9. The number of fused-ring (bicyclic) bond motifs is 2. The predicted molar refractivity (Wildman–Crippen MR) is 98.9 cm³/mol. The van der Waals surface area contributed by atoms with Crippen molar-refractivity contribution in [2.24, 2.45) is 4.99 Å². The summed E-state index contributed by atoms with van der Waals surface area (Å²) in [6, 6.07) is 0. The molecule has 0 saturated carbocycles. The first kappa shape index (κ1) is 17.8. The number of nitrogens with one attached hydrogen (secondary N) is 1. The first-order chi connectivity index (χ1) is 12.1. The Morgan fingerprint density at radius 2 is 2.12 bits per heavy atom. The molecule has 1 aliphatic heterocycles. The molecule has 2 aromatic rings. The minimum Gasteiger partial charge on any atom is -0.359 e. The van der Waals surface area contributed by atoms with Crippen molar-refractivity contribution in [3.63, 3.8) is 0 Å². The van der Waals surface area contributed by atoms with Gasteiger partial charge in [-0.25, -0.2) is 9.39 Å². The second kappa shape index (κ2) is 7.47. The zero-order valence-corrected chi connectivity index (χ0v) is 16.0. The number of aromatic nitrogens is 4. The number of carbonyl (C=O) groups excluding carboxylic acids is 1. The van der Waals surface area contributed by atoms with Crippen molar-refractivity contribution in [1.82, 2.24) is 24.5 Å². The molecule has 3 heterocycles. The van der Waals surface area contributed by atoms with Crippen LogP contribution in [0.5, 0.6) is 0 Å². The van der Waals surface area contributed by atoms with Crippen molar-refractivity contribution in [3.05, 3.63) is 21.7 Å². The molecule has 1 N–H and O–H groups in total. The van der Waals surface area contributed by atoms with Crippen molar-refractivity contribution in [2.45, 2.75) is 52.0 Å². The van der Waals surface area contributed by atoms with Gasteiger partial charge in [0.25, 0.3) is 5.56 Å². The molecule has 0 aliphatic carbocycles. The standard InChI is InChI=1S/C16H21BrN6O2/c1-3-4-5-8-22-14-10(9-11(17)19-14)15(25)23-12(20-21-16(22)23)6-7-13(24)18-2/h3-9H2,1-2H3,(H,18,24). The minimum atomic E-state index is -0.146. The Morgan fingerprint density at radius 1 is 1.32 bits per heavy atom. The van der Waals surface area contributed by atoms with Crippen LogP contribution in [-0.2, 0) is 24.2 Å². The molecule has 0 radical (unpaired) electrons. The summed E-state index contributed by atoms with van der Waals surface area (Å²) in [4.78, 5) is 28.9. The third-order valence-electron chi connectivity index (χ3n) is 4.33. The molecular weight excluding hydrogens is 388 g/mol. The number of carbonyl (C=O) groups is 1. The van der Waals surface area contributed by atoms with Crippen LogP contribution in [0, 0.1) is 0 Å². The average Bonchev–Trinajstić information content (AvgIpc) is 3.19. The Balaban J connectivity index is 2.07. The third kappa shape index (κ3) is 3.37. The molecule has 0 bridgehead atoms. The Bertz CT molecular complexity index is 898. The van der Waals surface area contributed by atoms with Crippen molar-refractivity contribution in [1.29, 1.82) is 0 Å². The molecule has 8 nitrogen and oxygen atoms in total. The summed E-state index contributed by atoms with van der Waals surface area (Å²) in [5.74, 6) is 1.59. The van der Waals surface area contributed by atoms with Crippen LogP contribution in [0.3, 0.4) is 0 Å². The topological polar surface area (TPSA) is 93.7 Å². The lowest BCUT2D eigenvalue weighted by Gasteiger charge is -2.12. The van der Waals surface area contributed by atoms with E-state index in [0.717, 1.165) is 30.4 Å². The predicted octanol–water partition coefficient (Wildman–Crippen LogP) is 1.74.